The topological polar surface area (TPSA) is 72.8 Å². The smallest absolute Gasteiger partial charge is 0.481 e. The van der Waals surface area contributed by atoms with Crippen LogP contribution in [0, 0.1) is 17.3 Å². The van der Waals surface area contributed by atoms with Crippen LogP contribution in [0.25, 0.3) is 0 Å². The van der Waals surface area contributed by atoms with Crippen molar-refractivity contribution in [2.24, 2.45) is 17.3 Å². The summed E-state index contributed by atoms with van der Waals surface area (Å²) in [7, 11) is 0. The predicted molar refractivity (Wildman–Crippen MR) is 125 cm³/mol. The minimum Gasteiger partial charge on any atom is -0.481 e. The number of carbonyl (C=O) groups is 2. The highest BCUT2D eigenvalue weighted by atomic mass is 16.7. The second-order valence-corrected chi connectivity index (χ2v) is 9.64. The van der Waals surface area contributed by atoms with Gasteiger partial charge in [-0.1, -0.05) is 77.2 Å². The van der Waals surface area contributed by atoms with Crippen molar-refractivity contribution in [2.75, 3.05) is 0 Å². The maximum atomic E-state index is 12.3. The first kappa shape index (κ1) is 27.3. The second kappa shape index (κ2) is 13.6. The number of rotatable bonds is 14. The monoisotopic (exact) mass is 436 g/mol. The zero-order valence-electron chi connectivity index (χ0n) is 20.5. The Bertz CT molecular complexity index is 619. The van der Waals surface area contributed by atoms with E-state index in [9.17, 15) is 9.59 Å². The zero-order chi connectivity index (χ0) is 23.4. The van der Waals surface area contributed by atoms with E-state index in [1.54, 1.807) is 0 Å². The average molecular weight is 437 g/mol. The van der Waals surface area contributed by atoms with Crippen LogP contribution in [0.4, 0.5) is 4.79 Å². The van der Waals surface area contributed by atoms with E-state index >= 15 is 0 Å². The van der Waals surface area contributed by atoms with Gasteiger partial charge < -0.3 is 14.6 Å². The molecule has 0 aliphatic heterocycles. The van der Waals surface area contributed by atoms with Gasteiger partial charge in [0.25, 0.3) is 0 Å². The Balaban J connectivity index is 2.50. The van der Waals surface area contributed by atoms with Crippen LogP contribution in [-0.4, -0.2) is 29.4 Å². The Morgan fingerprint density at radius 2 is 1.84 bits per heavy atom. The molecule has 0 saturated heterocycles. The number of unbranched alkanes of at least 4 members (excludes halogenated alkanes) is 4. The number of ether oxygens (including phenoxy) is 2. The molecule has 31 heavy (non-hydrogen) atoms. The van der Waals surface area contributed by atoms with Crippen LogP contribution >= 0.6 is 0 Å². The number of carboxylic acid groups (broad SMARTS) is 1. The molecule has 0 fully saturated rings. The third-order valence-corrected chi connectivity index (χ3v) is 6.86. The summed E-state index contributed by atoms with van der Waals surface area (Å²) in [6, 6.07) is 0. The number of aliphatic carboxylic acids is 1. The molecule has 0 bridgehead atoms. The predicted octanol–water partition coefficient (Wildman–Crippen LogP) is 7.31. The van der Waals surface area contributed by atoms with Crippen molar-refractivity contribution in [3.63, 3.8) is 0 Å². The SMILES string of the molecule is CCCCCCCC(CCC(=O)O)OC(=O)OC(C)C(C)C=CC1CC=C(C)C1(C)C. The maximum absolute atomic E-state index is 12.3. The summed E-state index contributed by atoms with van der Waals surface area (Å²) in [5.41, 5.74) is 1.58. The lowest BCUT2D eigenvalue weighted by Gasteiger charge is -2.28. The average Bonchev–Trinajstić information content (AvgIpc) is 2.95. The van der Waals surface area contributed by atoms with E-state index in [4.69, 9.17) is 14.6 Å². The fourth-order valence-corrected chi connectivity index (χ4v) is 3.88. The summed E-state index contributed by atoms with van der Waals surface area (Å²) in [5.74, 6) is -0.349. The molecule has 0 aromatic carbocycles. The number of hydrogen-bond donors (Lipinski definition) is 1. The lowest BCUT2D eigenvalue weighted by Crippen LogP contribution is -2.26. The minimum atomic E-state index is -0.875. The standard InChI is InChI=1S/C26H44O5/c1-7-8-9-10-11-12-23(17-18-24(27)28)31-25(29)30-21(4)19(2)13-15-22-16-14-20(3)26(22,5)6/h13-15,19,21-23H,7-12,16-18H2,1-6H3,(H,27,28). The van der Waals surface area contributed by atoms with Gasteiger partial charge in [0.15, 0.2) is 0 Å². The van der Waals surface area contributed by atoms with E-state index in [-0.39, 0.29) is 23.9 Å². The quantitative estimate of drug-likeness (QED) is 0.176. The molecule has 178 valence electrons. The Labute approximate surface area is 189 Å². The molecule has 4 atom stereocenters. The zero-order valence-corrected chi connectivity index (χ0v) is 20.5. The molecular formula is C26H44O5. The lowest BCUT2D eigenvalue weighted by molar-refractivity contribution is -0.137. The largest absolute Gasteiger partial charge is 0.508 e. The van der Waals surface area contributed by atoms with Crippen molar-refractivity contribution in [1.29, 1.82) is 0 Å². The first-order chi connectivity index (χ1) is 14.6. The van der Waals surface area contributed by atoms with Crippen LogP contribution in [0.3, 0.4) is 0 Å². The molecule has 1 aliphatic rings. The first-order valence-electron chi connectivity index (χ1n) is 12.0. The molecule has 0 radical (unpaired) electrons. The van der Waals surface area contributed by atoms with Crippen LogP contribution in [0.1, 0.15) is 99.3 Å². The molecule has 1 aliphatic carbocycles. The fraction of sp³-hybridized carbons (Fsp3) is 0.769. The lowest BCUT2D eigenvalue weighted by atomic mass is 9.77. The molecule has 0 heterocycles. The van der Waals surface area contributed by atoms with Crippen molar-refractivity contribution in [3.8, 4) is 0 Å². The van der Waals surface area contributed by atoms with Crippen LogP contribution in [0.5, 0.6) is 0 Å². The van der Waals surface area contributed by atoms with Gasteiger partial charge in [-0.05, 0) is 50.9 Å². The van der Waals surface area contributed by atoms with Crippen LogP contribution in [-0.2, 0) is 14.3 Å². The summed E-state index contributed by atoms with van der Waals surface area (Å²) in [5, 5.41) is 8.98. The van der Waals surface area contributed by atoms with E-state index in [1.807, 2.05) is 13.8 Å². The van der Waals surface area contributed by atoms with Gasteiger partial charge in [0.1, 0.15) is 12.2 Å². The van der Waals surface area contributed by atoms with Crippen LogP contribution in [0.15, 0.2) is 23.8 Å². The first-order valence-corrected chi connectivity index (χ1v) is 12.0. The number of hydrogen-bond acceptors (Lipinski definition) is 4. The normalized spacial score (nSPS) is 20.8. The van der Waals surface area contributed by atoms with Gasteiger partial charge in [0.2, 0.25) is 0 Å². The molecule has 0 aromatic heterocycles. The third-order valence-electron chi connectivity index (χ3n) is 6.86. The molecule has 0 amide bonds. The highest BCUT2D eigenvalue weighted by Crippen LogP contribution is 2.43. The summed E-state index contributed by atoms with van der Waals surface area (Å²) >= 11 is 0. The van der Waals surface area contributed by atoms with Crippen molar-refractivity contribution < 1.29 is 24.2 Å². The van der Waals surface area contributed by atoms with Crippen LogP contribution < -0.4 is 0 Å². The Kier molecular flexibility index (Phi) is 12.0. The number of carboxylic acids is 1. The highest BCUT2D eigenvalue weighted by Gasteiger charge is 2.33. The van der Waals surface area contributed by atoms with E-state index < -0.39 is 18.2 Å². The Morgan fingerprint density at radius 3 is 2.42 bits per heavy atom. The van der Waals surface area contributed by atoms with Gasteiger partial charge >= 0.3 is 12.1 Å². The Morgan fingerprint density at radius 1 is 1.16 bits per heavy atom. The van der Waals surface area contributed by atoms with E-state index in [0.717, 1.165) is 25.7 Å². The Hall–Kier alpha value is -1.78. The molecular weight excluding hydrogens is 392 g/mol. The number of allylic oxidation sites excluding steroid dienone is 3. The molecule has 5 nitrogen and oxygen atoms in total. The molecule has 1 N–H and O–H groups in total. The van der Waals surface area contributed by atoms with Crippen LogP contribution in [0.2, 0.25) is 0 Å². The van der Waals surface area contributed by atoms with E-state index in [0.29, 0.717) is 18.8 Å². The van der Waals surface area contributed by atoms with Gasteiger partial charge in [-0.25, -0.2) is 4.79 Å². The molecule has 0 saturated carbocycles. The molecule has 4 unspecified atom stereocenters. The summed E-state index contributed by atoms with van der Waals surface area (Å²) in [6.45, 7) is 12.8. The van der Waals surface area contributed by atoms with Crippen molar-refractivity contribution in [2.45, 2.75) is 112 Å². The molecule has 1 rings (SSSR count). The summed E-state index contributed by atoms with van der Waals surface area (Å²) in [4.78, 5) is 23.3. The summed E-state index contributed by atoms with van der Waals surface area (Å²) < 4.78 is 11.0. The number of carbonyl (C=O) groups excluding carboxylic acids is 1. The molecule has 0 spiro atoms. The van der Waals surface area contributed by atoms with Gasteiger partial charge in [-0.3, -0.25) is 4.79 Å². The van der Waals surface area contributed by atoms with Crippen molar-refractivity contribution in [1.82, 2.24) is 0 Å². The van der Waals surface area contributed by atoms with Gasteiger partial charge in [-0.2, -0.15) is 0 Å². The van der Waals surface area contributed by atoms with Crippen molar-refractivity contribution >= 4 is 12.1 Å². The molecule has 0 aromatic rings. The fourth-order valence-electron chi connectivity index (χ4n) is 3.88. The van der Waals surface area contributed by atoms with E-state index in [1.165, 1.54) is 18.4 Å². The van der Waals surface area contributed by atoms with E-state index in [2.05, 4.69) is 45.9 Å². The van der Waals surface area contributed by atoms with Gasteiger partial charge in [-0.15, -0.1) is 0 Å². The van der Waals surface area contributed by atoms with Crippen molar-refractivity contribution in [3.05, 3.63) is 23.8 Å². The molecule has 5 heteroatoms. The highest BCUT2D eigenvalue weighted by molar-refractivity contribution is 5.66. The summed E-state index contributed by atoms with van der Waals surface area (Å²) in [6.07, 6.45) is 12.8. The van der Waals surface area contributed by atoms with Gasteiger partial charge in [0.05, 0.1) is 0 Å². The second-order valence-electron chi connectivity index (χ2n) is 9.64. The minimum absolute atomic E-state index is 0.00771. The maximum Gasteiger partial charge on any atom is 0.508 e. The van der Waals surface area contributed by atoms with Gasteiger partial charge in [0, 0.05) is 12.3 Å². The third kappa shape index (κ3) is 9.92.